The Kier molecular flexibility index (Phi) is 9.05. The molecule has 2 aliphatic rings. The van der Waals surface area contributed by atoms with E-state index in [0.29, 0.717) is 35.5 Å². The highest BCUT2D eigenvalue weighted by molar-refractivity contribution is 7.42. The van der Waals surface area contributed by atoms with Crippen molar-refractivity contribution in [1.82, 2.24) is 0 Å². The van der Waals surface area contributed by atoms with Gasteiger partial charge in [-0.15, -0.1) is 0 Å². The zero-order valence-corrected chi connectivity index (χ0v) is 20.8. The van der Waals surface area contributed by atoms with Crippen molar-refractivity contribution >= 4 is 8.60 Å². The summed E-state index contributed by atoms with van der Waals surface area (Å²) < 4.78 is 19.8. The summed E-state index contributed by atoms with van der Waals surface area (Å²) in [5.74, 6) is 4.66. The molecule has 1 aromatic carbocycles. The fraction of sp³-hybridized carbons (Fsp3) is 0.769. The Morgan fingerprint density at radius 1 is 0.733 bits per heavy atom. The minimum absolute atomic E-state index is 0.224. The Morgan fingerprint density at radius 2 is 1.20 bits per heavy atom. The normalized spacial score (nSPS) is 33.6. The van der Waals surface area contributed by atoms with Crippen LogP contribution in [0.4, 0.5) is 0 Å². The molecule has 0 amide bonds. The van der Waals surface area contributed by atoms with Crippen molar-refractivity contribution < 1.29 is 13.6 Å². The van der Waals surface area contributed by atoms with Gasteiger partial charge in [-0.25, -0.2) is 0 Å². The fourth-order valence-electron chi connectivity index (χ4n) is 5.33. The average molecular weight is 435 g/mol. The molecule has 30 heavy (non-hydrogen) atoms. The van der Waals surface area contributed by atoms with E-state index in [9.17, 15) is 0 Å². The lowest BCUT2D eigenvalue weighted by atomic mass is 9.75. The van der Waals surface area contributed by atoms with Crippen LogP contribution in [0.5, 0.6) is 5.75 Å². The summed E-state index contributed by atoms with van der Waals surface area (Å²) in [5, 5.41) is 0. The number of hydrogen-bond donors (Lipinski definition) is 0. The Bertz CT molecular complexity index is 586. The van der Waals surface area contributed by atoms with Gasteiger partial charge in [-0.3, -0.25) is 9.05 Å². The van der Waals surface area contributed by atoms with Crippen molar-refractivity contribution in [2.24, 2.45) is 35.5 Å². The second kappa shape index (κ2) is 11.3. The highest BCUT2D eigenvalue weighted by Crippen LogP contribution is 2.51. The van der Waals surface area contributed by atoms with Gasteiger partial charge in [0.15, 0.2) is 0 Å². The van der Waals surface area contributed by atoms with Gasteiger partial charge in [-0.1, -0.05) is 72.6 Å². The van der Waals surface area contributed by atoms with Crippen LogP contribution in [0.1, 0.15) is 80.1 Å². The molecule has 170 valence electrons. The van der Waals surface area contributed by atoms with Gasteiger partial charge in [0.1, 0.15) is 5.75 Å². The lowest BCUT2D eigenvalue weighted by Gasteiger charge is -2.41. The van der Waals surface area contributed by atoms with Gasteiger partial charge in [0.2, 0.25) is 0 Å². The van der Waals surface area contributed by atoms with E-state index in [1.807, 2.05) is 30.3 Å². The minimum Gasteiger partial charge on any atom is -0.427 e. The molecular weight excluding hydrogens is 391 g/mol. The first kappa shape index (κ1) is 24.0. The number of hydrogen-bond acceptors (Lipinski definition) is 3. The average Bonchev–Trinajstić information content (AvgIpc) is 2.68. The fourth-order valence-corrected chi connectivity index (χ4v) is 6.68. The van der Waals surface area contributed by atoms with Crippen LogP contribution < -0.4 is 4.52 Å². The van der Waals surface area contributed by atoms with E-state index in [0.717, 1.165) is 18.6 Å². The summed E-state index contributed by atoms with van der Waals surface area (Å²) in [6.07, 6.45) is 7.76. The Hall–Kier alpha value is -0.630. The number of rotatable bonds is 8. The molecule has 0 radical (unpaired) electrons. The molecule has 0 bridgehead atoms. The summed E-state index contributed by atoms with van der Waals surface area (Å²) in [6, 6.07) is 10.1. The summed E-state index contributed by atoms with van der Waals surface area (Å²) in [5.41, 5.74) is 0. The zero-order chi connectivity index (χ0) is 21.7. The standard InChI is InChI=1S/C26H43O3P/c1-18(2)23-14-12-20(5)16-25(23)28-30(27-22-10-8-7-9-11-22)29-26-17-21(6)13-15-24(26)19(3)4/h7-11,18-21,23-26H,12-17H2,1-6H3/t20-,21?,23?,24?,25-,26?,30?/m1/s1. The lowest BCUT2D eigenvalue weighted by molar-refractivity contribution is -0.00256. The second-order valence-electron chi connectivity index (χ2n) is 10.6. The van der Waals surface area contributed by atoms with Crippen LogP contribution in [-0.4, -0.2) is 12.2 Å². The third-order valence-electron chi connectivity index (χ3n) is 7.29. The van der Waals surface area contributed by atoms with Crippen LogP contribution in [0.15, 0.2) is 30.3 Å². The molecule has 0 heterocycles. The van der Waals surface area contributed by atoms with Crippen molar-refractivity contribution in [2.75, 3.05) is 0 Å². The Balaban J connectivity index is 1.77. The summed E-state index contributed by atoms with van der Waals surface area (Å²) in [6.45, 7) is 14.0. The smallest absolute Gasteiger partial charge is 0.397 e. The molecule has 5 unspecified atom stereocenters. The highest BCUT2D eigenvalue weighted by atomic mass is 31.2. The van der Waals surface area contributed by atoms with E-state index in [-0.39, 0.29) is 12.2 Å². The van der Waals surface area contributed by atoms with Crippen molar-refractivity contribution in [3.8, 4) is 5.75 Å². The molecule has 2 aliphatic carbocycles. The molecule has 0 aromatic heterocycles. The molecule has 7 atom stereocenters. The van der Waals surface area contributed by atoms with E-state index in [2.05, 4.69) is 41.5 Å². The summed E-state index contributed by atoms with van der Waals surface area (Å²) in [4.78, 5) is 0. The van der Waals surface area contributed by atoms with E-state index in [4.69, 9.17) is 13.6 Å². The van der Waals surface area contributed by atoms with E-state index in [1.54, 1.807) is 0 Å². The molecule has 2 saturated carbocycles. The quantitative estimate of drug-likeness (QED) is 0.386. The maximum Gasteiger partial charge on any atom is 0.397 e. The molecule has 0 saturated heterocycles. The highest BCUT2D eigenvalue weighted by Gasteiger charge is 2.38. The van der Waals surface area contributed by atoms with Crippen LogP contribution in [-0.2, 0) is 9.05 Å². The van der Waals surface area contributed by atoms with Crippen LogP contribution >= 0.6 is 8.60 Å². The minimum atomic E-state index is -1.42. The maximum absolute atomic E-state index is 6.73. The SMILES string of the molecule is CC1CCC(C(C)C)C(OP(Oc2ccccc2)O[C@@H]2C[C@H](C)CCC2C(C)C)C1. The first-order valence-corrected chi connectivity index (χ1v) is 13.3. The van der Waals surface area contributed by atoms with Crippen LogP contribution in [0, 0.1) is 35.5 Å². The molecule has 3 nitrogen and oxygen atoms in total. The number of para-hydroxylation sites is 1. The van der Waals surface area contributed by atoms with Crippen LogP contribution in [0.2, 0.25) is 0 Å². The second-order valence-corrected chi connectivity index (χ2v) is 11.6. The van der Waals surface area contributed by atoms with Gasteiger partial charge in [0.05, 0.1) is 12.2 Å². The topological polar surface area (TPSA) is 27.7 Å². The van der Waals surface area contributed by atoms with Crippen LogP contribution in [0.25, 0.3) is 0 Å². The first-order valence-electron chi connectivity index (χ1n) is 12.2. The van der Waals surface area contributed by atoms with E-state index >= 15 is 0 Å². The summed E-state index contributed by atoms with van der Waals surface area (Å²) in [7, 11) is -1.42. The van der Waals surface area contributed by atoms with E-state index < -0.39 is 8.60 Å². The monoisotopic (exact) mass is 434 g/mol. The Morgan fingerprint density at radius 3 is 1.63 bits per heavy atom. The molecule has 2 fully saturated rings. The third kappa shape index (κ3) is 6.68. The van der Waals surface area contributed by atoms with Gasteiger partial charge in [-0.2, -0.15) is 0 Å². The van der Waals surface area contributed by atoms with Crippen molar-refractivity contribution in [2.45, 2.75) is 92.3 Å². The largest absolute Gasteiger partial charge is 0.427 e. The molecule has 0 aliphatic heterocycles. The van der Waals surface area contributed by atoms with Gasteiger partial charge in [-0.05, 0) is 73.3 Å². The predicted octanol–water partition coefficient (Wildman–Crippen LogP) is 8.25. The molecule has 0 spiro atoms. The summed E-state index contributed by atoms with van der Waals surface area (Å²) >= 11 is 0. The molecular formula is C26H43O3P. The number of benzene rings is 1. The maximum atomic E-state index is 6.73. The Labute approximate surface area is 186 Å². The third-order valence-corrected chi connectivity index (χ3v) is 8.53. The van der Waals surface area contributed by atoms with Gasteiger partial charge < -0.3 is 4.52 Å². The molecule has 4 heteroatoms. The van der Waals surface area contributed by atoms with Crippen LogP contribution in [0.3, 0.4) is 0 Å². The van der Waals surface area contributed by atoms with E-state index in [1.165, 1.54) is 25.7 Å². The van der Waals surface area contributed by atoms with Crippen molar-refractivity contribution in [1.29, 1.82) is 0 Å². The molecule has 3 rings (SSSR count). The lowest BCUT2D eigenvalue weighted by Crippen LogP contribution is -2.36. The molecule has 1 aromatic rings. The predicted molar refractivity (Wildman–Crippen MR) is 126 cm³/mol. The zero-order valence-electron chi connectivity index (χ0n) is 19.9. The van der Waals surface area contributed by atoms with Gasteiger partial charge in [0, 0.05) is 0 Å². The van der Waals surface area contributed by atoms with Crippen molar-refractivity contribution in [3.63, 3.8) is 0 Å². The first-order chi connectivity index (χ1) is 14.3. The van der Waals surface area contributed by atoms with Gasteiger partial charge in [0.25, 0.3) is 0 Å². The van der Waals surface area contributed by atoms with Gasteiger partial charge >= 0.3 is 8.60 Å². The molecule has 0 N–H and O–H groups in total. The van der Waals surface area contributed by atoms with Crippen molar-refractivity contribution in [3.05, 3.63) is 30.3 Å².